The minimum Gasteiger partial charge on any atom is -0.468 e. The lowest BCUT2D eigenvalue weighted by Crippen LogP contribution is -2.34. The first-order valence-electron chi connectivity index (χ1n) is 5.92. The van der Waals surface area contributed by atoms with Gasteiger partial charge in [-0.15, -0.1) is 11.3 Å². The normalized spacial score (nSPS) is 12.7. The maximum Gasteiger partial charge on any atom is 0.261 e. The van der Waals surface area contributed by atoms with Gasteiger partial charge in [0, 0.05) is 11.0 Å². The molecule has 1 atom stereocenters. The lowest BCUT2D eigenvalue weighted by atomic mass is 10.2. The molecule has 2 rings (SSSR count). The second-order valence-electron chi connectivity index (χ2n) is 4.44. The summed E-state index contributed by atoms with van der Waals surface area (Å²) in [6, 6.07) is 5.58. The zero-order valence-electron chi connectivity index (χ0n) is 11.0. The van der Waals surface area contributed by atoms with E-state index in [1.165, 1.54) is 11.3 Å². The maximum absolute atomic E-state index is 12.1. The topological polar surface area (TPSA) is 45.5 Å². The van der Waals surface area contributed by atoms with Gasteiger partial charge in [0.25, 0.3) is 5.91 Å². The van der Waals surface area contributed by atoms with Crippen LogP contribution in [0, 0.1) is 0 Å². The van der Waals surface area contributed by atoms with Crippen LogP contribution in [0.15, 0.2) is 37.1 Å². The van der Waals surface area contributed by atoms with E-state index in [4.69, 9.17) is 4.42 Å². The molecule has 0 fully saturated rings. The van der Waals surface area contributed by atoms with Crippen molar-refractivity contribution in [1.29, 1.82) is 0 Å². The third-order valence-electron chi connectivity index (χ3n) is 2.82. The number of hydrogen-bond acceptors (Lipinski definition) is 4. The van der Waals surface area contributed by atoms with Crippen LogP contribution < -0.4 is 5.32 Å². The van der Waals surface area contributed by atoms with E-state index >= 15 is 0 Å². The van der Waals surface area contributed by atoms with Crippen molar-refractivity contribution < 1.29 is 9.21 Å². The molecule has 2 heterocycles. The van der Waals surface area contributed by atoms with E-state index in [0.717, 1.165) is 14.0 Å². The van der Waals surface area contributed by atoms with E-state index in [0.29, 0.717) is 11.4 Å². The number of amides is 1. The van der Waals surface area contributed by atoms with Gasteiger partial charge < -0.3 is 9.73 Å². The quantitative estimate of drug-likeness (QED) is 0.796. The number of likely N-dealkylation sites (N-methyl/N-ethyl adjacent to an activating group) is 1. The summed E-state index contributed by atoms with van der Waals surface area (Å²) in [6.45, 7) is 0.493. The monoisotopic (exact) mass is 420 g/mol. The molecular weight excluding hydrogens is 408 g/mol. The van der Waals surface area contributed by atoms with E-state index in [1.54, 1.807) is 6.26 Å². The van der Waals surface area contributed by atoms with Crippen molar-refractivity contribution in [2.45, 2.75) is 6.04 Å². The van der Waals surface area contributed by atoms with Crippen molar-refractivity contribution in [2.75, 3.05) is 20.6 Å². The first kappa shape index (κ1) is 15.8. The largest absolute Gasteiger partial charge is 0.468 e. The molecule has 7 heteroatoms. The molecule has 0 aliphatic heterocycles. The predicted octanol–water partition coefficient (Wildman–Crippen LogP) is 3.90. The Balaban J connectivity index is 2.01. The Hall–Kier alpha value is -0.630. The summed E-state index contributed by atoms with van der Waals surface area (Å²) in [6.07, 6.45) is 1.64. The van der Waals surface area contributed by atoms with E-state index in [9.17, 15) is 4.79 Å². The summed E-state index contributed by atoms with van der Waals surface area (Å²) in [5.74, 6) is 0.753. The lowest BCUT2D eigenvalue weighted by Gasteiger charge is -2.22. The molecule has 0 saturated carbocycles. The van der Waals surface area contributed by atoms with Crippen LogP contribution in [-0.2, 0) is 0 Å². The molecule has 0 aliphatic rings. The molecule has 20 heavy (non-hydrogen) atoms. The molecular formula is C13H14Br2N2O2S. The second kappa shape index (κ2) is 6.89. The highest BCUT2D eigenvalue weighted by Gasteiger charge is 2.19. The van der Waals surface area contributed by atoms with Crippen LogP contribution in [0.1, 0.15) is 21.5 Å². The molecule has 0 radical (unpaired) electrons. The molecule has 0 spiro atoms. The zero-order chi connectivity index (χ0) is 14.7. The van der Waals surface area contributed by atoms with Crippen molar-refractivity contribution in [3.05, 3.63) is 43.4 Å². The number of nitrogens with one attached hydrogen (secondary N) is 1. The minimum atomic E-state index is -0.0835. The SMILES string of the molecule is CN(C)[C@H](CNC(=O)c1cc(Br)c(Br)s1)c1ccco1. The fourth-order valence-corrected chi connectivity index (χ4v) is 3.71. The van der Waals surface area contributed by atoms with Crippen molar-refractivity contribution in [1.82, 2.24) is 10.2 Å². The third-order valence-corrected chi connectivity index (χ3v) is 6.07. The Morgan fingerprint density at radius 1 is 1.50 bits per heavy atom. The summed E-state index contributed by atoms with van der Waals surface area (Å²) < 4.78 is 7.22. The average molecular weight is 422 g/mol. The molecule has 0 bridgehead atoms. The van der Waals surface area contributed by atoms with E-state index in [1.807, 2.05) is 37.2 Å². The Kier molecular flexibility index (Phi) is 5.42. The molecule has 1 N–H and O–H groups in total. The summed E-state index contributed by atoms with van der Waals surface area (Å²) >= 11 is 8.17. The van der Waals surface area contributed by atoms with Gasteiger partial charge in [0.2, 0.25) is 0 Å². The summed E-state index contributed by atoms with van der Waals surface area (Å²) in [5, 5.41) is 2.94. The standard InChI is InChI=1S/C13H14Br2N2O2S/c1-17(2)9(10-4-3-5-19-10)7-16-13(18)11-6-8(14)12(15)20-11/h3-6,9H,7H2,1-2H3,(H,16,18)/t9-/m1/s1. The number of rotatable bonds is 5. The van der Waals surface area contributed by atoms with E-state index in [2.05, 4.69) is 37.2 Å². The lowest BCUT2D eigenvalue weighted by molar-refractivity contribution is 0.0943. The number of carbonyl (C=O) groups excluding carboxylic acids is 1. The van der Waals surface area contributed by atoms with Gasteiger partial charge >= 0.3 is 0 Å². The molecule has 108 valence electrons. The minimum absolute atomic E-state index is 0.0146. The van der Waals surface area contributed by atoms with Gasteiger partial charge in [0.15, 0.2) is 0 Å². The van der Waals surface area contributed by atoms with Crippen LogP contribution in [0.3, 0.4) is 0 Å². The van der Waals surface area contributed by atoms with Crippen LogP contribution in [0.2, 0.25) is 0 Å². The van der Waals surface area contributed by atoms with Crippen molar-refractivity contribution in [3.63, 3.8) is 0 Å². The Morgan fingerprint density at radius 3 is 2.75 bits per heavy atom. The highest BCUT2D eigenvalue weighted by molar-refractivity contribution is 9.13. The van der Waals surface area contributed by atoms with E-state index < -0.39 is 0 Å². The van der Waals surface area contributed by atoms with Crippen LogP contribution in [0.25, 0.3) is 0 Å². The summed E-state index contributed by atoms with van der Waals surface area (Å²) in [4.78, 5) is 14.8. The number of halogens is 2. The fourth-order valence-electron chi connectivity index (χ4n) is 1.75. The van der Waals surface area contributed by atoms with E-state index in [-0.39, 0.29) is 11.9 Å². The molecule has 0 aromatic carbocycles. The number of carbonyl (C=O) groups is 1. The van der Waals surface area contributed by atoms with Gasteiger partial charge in [-0.1, -0.05) is 0 Å². The fraction of sp³-hybridized carbons (Fsp3) is 0.308. The number of nitrogens with zero attached hydrogens (tertiary/aromatic N) is 1. The number of hydrogen-bond donors (Lipinski definition) is 1. The Bertz CT molecular complexity index is 562. The molecule has 4 nitrogen and oxygen atoms in total. The molecule has 0 unspecified atom stereocenters. The smallest absolute Gasteiger partial charge is 0.261 e. The number of furan rings is 1. The molecule has 0 aliphatic carbocycles. The predicted molar refractivity (Wildman–Crippen MR) is 87.2 cm³/mol. The third kappa shape index (κ3) is 3.72. The van der Waals surface area contributed by atoms with Crippen molar-refractivity contribution in [3.8, 4) is 0 Å². The molecule has 0 saturated heterocycles. The van der Waals surface area contributed by atoms with Gasteiger partial charge in [-0.25, -0.2) is 0 Å². The average Bonchev–Trinajstić information content (AvgIpc) is 3.00. The van der Waals surface area contributed by atoms with Crippen LogP contribution >= 0.6 is 43.2 Å². The summed E-state index contributed by atoms with van der Waals surface area (Å²) in [5.41, 5.74) is 0. The molecule has 2 aromatic rings. The van der Waals surface area contributed by atoms with Gasteiger partial charge in [0.05, 0.1) is 21.0 Å². The van der Waals surface area contributed by atoms with Crippen molar-refractivity contribution in [2.24, 2.45) is 0 Å². The van der Waals surface area contributed by atoms with Crippen molar-refractivity contribution >= 4 is 49.1 Å². The first-order valence-corrected chi connectivity index (χ1v) is 8.32. The first-order chi connectivity index (χ1) is 9.49. The molecule has 2 aromatic heterocycles. The van der Waals surface area contributed by atoms with Crippen LogP contribution in [-0.4, -0.2) is 31.4 Å². The van der Waals surface area contributed by atoms with Crippen LogP contribution in [0.4, 0.5) is 0 Å². The highest BCUT2D eigenvalue weighted by Crippen LogP contribution is 2.32. The summed E-state index contributed by atoms with van der Waals surface area (Å²) in [7, 11) is 3.91. The Labute approximate surface area is 138 Å². The van der Waals surface area contributed by atoms with Gasteiger partial charge in [-0.2, -0.15) is 0 Å². The maximum atomic E-state index is 12.1. The molecule has 1 amide bonds. The van der Waals surface area contributed by atoms with Gasteiger partial charge in [-0.05, 0) is 64.2 Å². The van der Waals surface area contributed by atoms with Gasteiger partial charge in [0.1, 0.15) is 5.76 Å². The van der Waals surface area contributed by atoms with Crippen LogP contribution in [0.5, 0.6) is 0 Å². The highest BCUT2D eigenvalue weighted by atomic mass is 79.9. The Morgan fingerprint density at radius 2 is 2.25 bits per heavy atom. The number of thiophene rings is 1. The van der Waals surface area contributed by atoms with Gasteiger partial charge in [-0.3, -0.25) is 9.69 Å². The zero-order valence-corrected chi connectivity index (χ0v) is 15.0. The second-order valence-corrected chi connectivity index (χ2v) is 7.66.